The van der Waals surface area contributed by atoms with Crippen molar-refractivity contribution in [1.82, 2.24) is 10.6 Å². The van der Waals surface area contributed by atoms with E-state index >= 15 is 0 Å². The number of unbranched alkanes of at least 4 members (excludes halogenated alkanes) is 1. The van der Waals surface area contributed by atoms with E-state index in [1.165, 1.54) is 0 Å². The van der Waals surface area contributed by atoms with Gasteiger partial charge in [-0.05, 0) is 26.2 Å². The minimum atomic E-state index is -0.841. The van der Waals surface area contributed by atoms with Gasteiger partial charge in [0.25, 0.3) is 0 Å². The average Bonchev–Trinajstić information content (AvgIpc) is 2.43. The third-order valence-electron chi connectivity index (χ3n) is 2.38. The van der Waals surface area contributed by atoms with Crippen molar-refractivity contribution in [2.75, 3.05) is 19.6 Å². The van der Waals surface area contributed by atoms with Crippen LogP contribution in [0.4, 0.5) is 4.79 Å². The highest BCUT2D eigenvalue weighted by molar-refractivity contribution is 5.87. The van der Waals surface area contributed by atoms with Crippen LogP contribution in [0.25, 0.3) is 0 Å². The third-order valence-corrected chi connectivity index (χ3v) is 2.38. The van der Waals surface area contributed by atoms with E-state index in [9.17, 15) is 9.59 Å². The summed E-state index contributed by atoms with van der Waals surface area (Å²) in [6.45, 7) is 2.73. The Hall–Kier alpha value is -1.87. The topological polar surface area (TPSA) is 152 Å². The largest absolute Gasteiger partial charge is 0.414 e. The molecule has 0 saturated heterocycles. The fourth-order valence-corrected chi connectivity index (χ4v) is 1.29. The maximum atomic E-state index is 11.4. The zero-order valence-electron chi connectivity index (χ0n) is 11.6. The first-order chi connectivity index (χ1) is 9.51. The predicted molar refractivity (Wildman–Crippen MR) is 73.3 cm³/mol. The van der Waals surface area contributed by atoms with Crippen LogP contribution < -0.4 is 22.1 Å². The Kier molecular flexibility index (Phi) is 9.97. The highest BCUT2D eigenvalue weighted by Gasteiger charge is 2.17. The van der Waals surface area contributed by atoms with Gasteiger partial charge in [0.1, 0.15) is 11.9 Å². The molecule has 7 N–H and O–H groups in total. The quantitative estimate of drug-likeness (QED) is 0.0737. The van der Waals surface area contributed by atoms with Gasteiger partial charge in [-0.2, -0.15) is 0 Å². The minimum absolute atomic E-state index is 0.235. The molecular weight excluding hydrogens is 266 g/mol. The predicted octanol–water partition coefficient (Wildman–Crippen LogP) is -0.907. The summed E-state index contributed by atoms with van der Waals surface area (Å²) in [5, 5.41) is 16.5. The summed E-state index contributed by atoms with van der Waals surface area (Å²) >= 11 is 0. The normalized spacial score (nSPS) is 12.7. The lowest BCUT2D eigenvalue weighted by molar-refractivity contribution is -0.139. The number of hydrogen-bond acceptors (Lipinski definition) is 7. The van der Waals surface area contributed by atoms with Gasteiger partial charge in [0.15, 0.2) is 0 Å². The van der Waals surface area contributed by atoms with Crippen molar-refractivity contribution in [2.45, 2.75) is 32.2 Å². The number of carbonyl (C=O) groups excluding carboxylic acids is 2. The molecule has 0 bridgehead atoms. The number of alkyl carbamates (subject to hydrolysis) is 1. The molecule has 0 heterocycles. The van der Waals surface area contributed by atoms with E-state index < -0.39 is 18.1 Å². The molecule has 0 saturated carbocycles. The number of amides is 1. The second-order valence-electron chi connectivity index (χ2n) is 4.14. The summed E-state index contributed by atoms with van der Waals surface area (Å²) in [6, 6.07) is -0.841. The summed E-state index contributed by atoms with van der Waals surface area (Å²) < 4.78 is 4.49. The van der Waals surface area contributed by atoms with E-state index in [0.717, 1.165) is 6.42 Å². The molecule has 1 amide bonds. The summed E-state index contributed by atoms with van der Waals surface area (Å²) in [5.41, 5.74) is 10.8. The smallest absolute Gasteiger partial charge is 0.409 e. The Labute approximate surface area is 117 Å². The van der Waals surface area contributed by atoms with Gasteiger partial charge in [0.05, 0.1) is 0 Å². The summed E-state index contributed by atoms with van der Waals surface area (Å²) in [5.74, 6) is -0.342. The van der Waals surface area contributed by atoms with Gasteiger partial charge in [0, 0.05) is 19.6 Å². The van der Waals surface area contributed by atoms with Gasteiger partial charge in [-0.1, -0.05) is 5.16 Å². The monoisotopic (exact) mass is 289 g/mol. The molecule has 20 heavy (non-hydrogen) atoms. The number of nitrogens with zero attached hydrogens (tertiary/aromatic N) is 1. The molecule has 9 heteroatoms. The molecule has 0 fully saturated rings. The van der Waals surface area contributed by atoms with Crippen LogP contribution in [0.1, 0.15) is 26.2 Å². The van der Waals surface area contributed by atoms with E-state index in [0.29, 0.717) is 25.2 Å². The zero-order valence-corrected chi connectivity index (χ0v) is 11.6. The molecule has 0 aliphatic rings. The van der Waals surface area contributed by atoms with Gasteiger partial charge in [-0.15, -0.1) is 0 Å². The fourth-order valence-electron chi connectivity index (χ4n) is 1.29. The van der Waals surface area contributed by atoms with E-state index in [1.807, 2.05) is 0 Å². The van der Waals surface area contributed by atoms with Gasteiger partial charge >= 0.3 is 12.1 Å². The van der Waals surface area contributed by atoms with Crippen molar-refractivity contribution in [1.29, 1.82) is 0 Å². The molecule has 0 unspecified atom stereocenters. The van der Waals surface area contributed by atoms with E-state index in [1.54, 1.807) is 6.92 Å². The van der Waals surface area contributed by atoms with Gasteiger partial charge in [-0.25, -0.2) is 9.59 Å². The van der Waals surface area contributed by atoms with Crippen LogP contribution in [0.2, 0.25) is 0 Å². The maximum Gasteiger partial charge on any atom is 0.414 e. The van der Waals surface area contributed by atoms with Crippen LogP contribution in [-0.2, 0) is 9.53 Å². The average molecular weight is 289 g/mol. The van der Waals surface area contributed by atoms with Crippen LogP contribution in [-0.4, -0.2) is 48.8 Å². The molecule has 116 valence electrons. The number of hydrogen-bond donors (Lipinski definition) is 5. The molecule has 9 nitrogen and oxygen atoms in total. The van der Waals surface area contributed by atoms with Crippen molar-refractivity contribution in [3.8, 4) is 0 Å². The molecule has 0 aromatic rings. The van der Waals surface area contributed by atoms with Crippen LogP contribution in [0.15, 0.2) is 5.16 Å². The van der Waals surface area contributed by atoms with Crippen LogP contribution >= 0.6 is 0 Å². The van der Waals surface area contributed by atoms with Gasteiger partial charge < -0.3 is 32.0 Å². The third kappa shape index (κ3) is 9.11. The Morgan fingerprint density at radius 1 is 1.30 bits per heavy atom. The van der Waals surface area contributed by atoms with E-state index in [2.05, 4.69) is 20.5 Å². The molecule has 0 aliphatic carbocycles. The van der Waals surface area contributed by atoms with Crippen molar-refractivity contribution >= 4 is 17.9 Å². The van der Waals surface area contributed by atoms with E-state index in [-0.39, 0.29) is 13.1 Å². The number of nitrogens with one attached hydrogen (secondary N) is 2. The van der Waals surface area contributed by atoms with Crippen molar-refractivity contribution in [3.05, 3.63) is 0 Å². The molecular formula is C11H23N5O4. The molecule has 0 spiro atoms. The molecule has 1 atom stereocenters. The van der Waals surface area contributed by atoms with Crippen molar-refractivity contribution in [2.24, 2.45) is 16.6 Å². The minimum Gasteiger partial charge on any atom is -0.409 e. The van der Waals surface area contributed by atoms with Crippen LogP contribution in [0, 0.1) is 0 Å². The van der Waals surface area contributed by atoms with Crippen molar-refractivity contribution in [3.63, 3.8) is 0 Å². The Morgan fingerprint density at radius 2 is 2.00 bits per heavy atom. The Balaban J connectivity index is 3.72. The van der Waals surface area contributed by atoms with Gasteiger partial charge in [0.2, 0.25) is 0 Å². The number of nitrogens with two attached hydrogens (primary N) is 2. The lowest BCUT2D eigenvalue weighted by Gasteiger charge is -2.11. The standard InChI is InChI=1S/C11H23N5O4/c1-8(16-19)14-6-3-2-4-9(13)10(17)20-11(18)15-7-5-12/h9,19H,2-7,12-13H2,1H3,(H,14,16)(H,15,18)/t9-/m0/s1. The molecule has 0 radical (unpaired) electrons. The number of rotatable bonds is 8. The number of oxime groups is 1. The second kappa shape index (κ2) is 11.0. The molecule has 0 aliphatic heterocycles. The summed E-state index contributed by atoms with van der Waals surface area (Å²) in [6.07, 6.45) is 0.979. The second-order valence-corrected chi connectivity index (χ2v) is 4.14. The molecule has 0 rings (SSSR count). The first-order valence-corrected chi connectivity index (χ1v) is 6.39. The summed E-state index contributed by atoms with van der Waals surface area (Å²) in [4.78, 5) is 22.5. The number of esters is 1. The highest BCUT2D eigenvalue weighted by Crippen LogP contribution is 2.00. The Bertz CT molecular complexity index is 335. The summed E-state index contributed by atoms with van der Waals surface area (Å²) in [7, 11) is 0. The lowest BCUT2D eigenvalue weighted by atomic mass is 10.1. The maximum absolute atomic E-state index is 11.4. The first-order valence-electron chi connectivity index (χ1n) is 6.39. The molecule has 0 aromatic carbocycles. The number of carbonyl (C=O) groups is 2. The zero-order chi connectivity index (χ0) is 15.4. The van der Waals surface area contributed by atoms with Crippen LogP contribution in [0.3, 0.4) is 0 Å². The number of amidine groups is 1. The lowest BCUT2D eigenvalue weighted by Crippen LogP contribution is -2.38. The first kappa shape index (κ1) is 18.1. The van der Waals surface area contributed by atoms with Crippen molar-refractivity contribution < 1.29 is 19.5 Å². The SMILES string of the molecule is CC(=NO)NCCCC[C@H](N)C(=O)OC(=O)NCCN. The highest BCUT2D eigenvalue weighted by atomic mass is 16.6. The van der Waals surface area contributed by atoms with Gasteiger partial charge in [-0.3, -0.25) is 0 Å². The van der Waals surface area contributed by atoms with E-state index in [4.69, 9.17) is 16.7 Å². The molecule has 0 aromatic heterocycles. The Morgan fingerprint density at radius 3 is 2.60 bits per heavy atom. The van der Waals surface area contributed by atoms with Crippen LogP contribution in [0.5, 0.6) is 0 Å². The fraction of sp³-hybridized carbons (Fsp3) is 0.727. The number of ether oxygens (including phenoxy) is 1.